The average molecular weight is 237 g/mol. The van der Waals surface area contributed by atoms with Gasteiger partial charge in [-0.15, -0.1) is 0 Å². The van der Waals surface area contributed by atoms with Crippen LogP contribution in [0.15, 0.2) is 24.3 Å². The van der Waals surface area contributed by atoms with E-state index in [0.29, 0.717) is 6.54 Å². The van der Waals surface area contributed by atoms with Gasteiger partial charge in [0.15, 0.2) is 0 Å². The van der Waals surface area contributed by atoms with Crippen LogP contribution in [0.5, 0.6) is 0 Å². The Morgan fingerprint density at radius 2 is 1.94 bits per heavy atom. The van der Waals surface area contributed by atoms with E-state index in [1.165, 1.54) is 12.1 Å². The van der Waals surface area contributed by atoms with E-state index in [1.54, 1.807) is 24.1 Å². The molecule has 3 heteroatoms. The Morgan fingerprint density at radius 3 is 2.47 bits per heavy atom. The molecule has 1 aromatic carbocycles. The Kier molecular flexibility index (Phi) is 5.13. The first-order valence-corrected chi connectivity index (χ1v) is 6.04. The first-order chi connectivity index (χ1) is 8.04. The van der Waals surface area contributed by atoms with Gasteiger partial charge in [-0.2, -0.15) is 0 Å². The van der Waals surface area contributed by atoms with Crippen molar-refractivity contribution in [3.63, 3.8) is 0 Å². The molecule has 0 radical (unpaired) electrons. The highest BCUT2D eigenvalue weighted by Gasteiger charge is 2.16. The number of benzene rings is 1. The van der Waals surface area contributed by atoms with Gasteiger partial charge in [0.05, 0.1) is 0 Å². The SMILES string of the molecule is CCCC(C)C(=O)N(C)Cc1ccc(F)cc1. The van der Waals surface area contributed by atoms with Crippen LogP contribution in [0.4, 0.5) is 4.39 Å². The molecule has 1 amide bonds. The van der Waals surface area contributed by atoms with E-state index < -0.39 is 0 Å². The van der Waals surface area contributed by atoms with E-state index >= 15 is 0 Å². The van der Waals surface area contributed by atoms with E-state index in [0.717, 1.165) is 18.4 Å². The van der Waals surface area contributed by atoms with Crippen molar-refractivity contribution in [2.75, 3.05) is 7.05 Å². The van der Waals surface area contributed by atoms with Crippen molar-refractivity contribution in [3.05, 3.63) is 35.6 Å². The second kappa shape index (κ2) is 6.38. The van der Waals surface area contributed by atoms with Gasteiger partial charge in [0.25, 0.3) is 0 Å². The maximum Gasteiger partial charge on any atom is 0.225 e. The van der Waals surface area contributed by atoms with Gasteiger partial charge in [0.1, 0.15) is 5.82 Å². The number of hydrogen-bond donors (Lipinski definition) is 0. The zero-order chi connectivity index (χ0) is 12.8. The molecule has 2 nitrogen and oxygen atoms in total. The standard InChI is InChI=1S/C14H20FNO/c1-4-5-11(2)14(17)16(3)10-12-6-8-13(15)9-7-12/h6-9,11H,4-5,10H2,1-3H3. The molecular weight excluding hydrogens is 217 g/mol. The second-order valence-electron chi connectivity index (χ2n) is 4.51. The maximum atomic E-state index is 12.7. The highest BCUT2D eigenvalue weighted by atomic mass is 19.1. The molecule has 1 unspecified atom stereocenters. The highest BCUT2D eigenvalue weighted by molar-refractivity contribution is 5.78. The maximum absolute atomic E-state index is 12.7. The van der Waals surface area contributed by atoms with Crippen molar-refractivity contribution < 1.29 is 9.18 Å². The molecule has 0 aliphatic rings. The van der Waals surface area contributed by atoms with Gasteiger partial charge in [-0.3, -0.25) is 4.79 Å². The van der Waals surface area contributed by atoms with Crippen molar-refractivity contribution in [3.8, 4) is 0 Å². The van der Waals surface area contributed by atoms with E-state index in [4.69, 9.17) is 0 Å². The van der Waals surface area contributed by atoms with Gasteiger partial charge >= 0.3 is 0 Å². The number of hydrogen-bond acceptors (Lipinski definition) is 1. The number of carbonyl (C=O) groups excluding carboxylic acids is 1. The lowest BCUT2D eigenvalue weighted by molar-refractivity contribution is -0.134. The van der Waals surface area contributed by atoms with Crippen molar-refractivity contribution >= 4 is 5.91 Å². The molecule has 17 heavy (non-hydrogen) atoms. The molecule has 1 aromatic rings. The fraction of sp³-hybridized carbons (Fsp3) is 0.500. The molecule has 0 saturated heterocycles. The van der Waals surface area contributed by atoms with E-state index in [9.17, 15) is 9.18 Å². The Balaban J connectivity index is 2.56. The predicted octanol–water partition coefficient (Wildman–Crippen LogP) is 3.22. The topological polar surface area (TPSA) is 20.3 Å². The van der Waals surface area contributed by atoms with Gasteiger partial charge in [0, 0.05) is 19.5 Å². The smallest absolute Gasteiger partial charge is 0.225 e. The first kappa shape index (κ1) is 13.7. The monoisotopic (exact) mass is 237 g/mol. The van der Waals surface area contributed by atoms with E-state index in [1.807, 2.05) is 6.92 Å². The van der Waals surface area contributed by atoms with E-state index in [-0.39, 0.29) is 17.6 Å². The minimum absolute atomic E-state index is 0.0606. The number of halogens is 1. The molecule has 94 valence electrons. The van der Waals surface area contributed by atoms with Crippen LogP contribution in [-0.4, -0.2) is 17.9 Å². The zero-order valence-corrected chi connectivity index (χ0v) is 10.7. The summed E-state index contributed by atoms with van der Waals surface area (Å²) < 4.78 is 12.7. The largest absolute Gasteiger partial charge is 0.341 e. The van der Waals surface area contributed by atoms with E-state index in [2.05, 4.69) is 6.92 Å². The lowest BCUT2D eigenvalue weighted by Gasteiger charge is -2.21. The Hall–Kier alpha value is -1.38. The Bertz CT molecular complexity index is 361. The molecule has 0 N–H and O–H groups in total. The van der Waals surface area contributed by atoms with Gasteiger partial charge in [-0.1, -0.05) is 32.4 Å². The highest BCUT2D eigenvalue weighted by Crippen LogP contribution is 2.11. The molecule has 1 atom stereocenters. The summed E-state index contributed by atoms with van der Waals surface area (Å²) in [4.78, 5) is 13.7. The van der Waals surface area contributed by atoms with Crippen LogP contribution in [0.1, 0.15) is 32.3 Å². The van der Waals surface area contributed by atoms with Gasteiger partial charge in [-0.05, 0) is 24.1 Å². The Morgan fingerprint density at radius 1 is 1.35 bits per heavy atom. The summed E-state index contributed by atoms with van der Waals surface area (Å²) in [7, 11) is 1.79. The molecule has 0 saturated carbocycles. The predicted molar refractivity (Wildman–Crippen MR) is 66.9 cm³/mol. The minimum Gasteiger partial charge on any atom is -0.341 e. The summed E-state index contributed by atoms with van der Waals surface area (Å²) in [5, 5.41) is 0. The molecule has 0 aliphatic heterocycles. The van der Waals surface area contributed by atoms with Crippen LogP contribution in [0.25, 0.3) is 0 Å². The van der Waals surface area contributed by atoms with Crippen molar-refractivity contribution in [1.29, 1.82) is 0 Å². The van der Waals surface area contributed by atoms with Crippen LogP contribution < -0.4 is 0 Å². The summed E-state index contributed by atoms with van der Waals surface area (Å²) in [5.41, 5.74) is 0.950. The quantitative estimate of drug-likeness (QED) is 0.770. The van der Waals surface area contributed by atoms with Crippen molar-refractivity contribution in [1.82, 2.24) is 4.90 Å². The molecule has 1 rings (SSSR count). The average Bonchev–Trinajstić information content (AvgIpc) is 2.31. The molecule has 0 fully saturated rings. The van der Waals surface area contributed by atoms with Crippen LogP contribution in [0, 0.1) is 11.7 Å². The fourth-order valence-corrected chi connectivity index (χ4v) is 1.87. The third kappa shape index (κ3) is 4.17. The minimum atomic E-state index is -0.248. The third-order valence-electron chi connectivity index (χ3n) is 2.85. The number of amides is 1. The van der Waals surface area contributed by atoms with Crippen LogP contribution in [-0.2, 0) is 11.3 Å². The molecule has 0 aromatic heterocycles. The lowest BCUT2D eigenvalue weighted by atomic mass is 10.0. The van der Waals surface area contributed by atoms with Crippen LogP contribution >= 0.6 is 0 Å². The summed E-state index contributed by atoms with van der Waals surface area (Å²) in [6.07, 6.45) is 1.92. The zero-order valence-electron chi connectivity index (χ0n) is 10.7. The Labute approximate surface area is 102 Å². The van der Waals surface area contributed by atoms with Crippen molar-refractivity contribution in [2.24, 2.45) is 5.92 Å². The number of rotatable bonds is 5. The van der Waals surface area contributed by atoms with Crippen LogP contribution in [0.3, 0.4) is 0 Å². The van der Waals surface area contributed by atoms with Gasteiger partial charge in [-0.25, -0.2) is 4.39 Å². The summed E-state index contributed by atoms with van der Waals surface area (Å²) >= 11 is 0. The van der Waals surface area contributed by atoms with Gasteiger partial charge < -0.3 is 4.90 Å². The fourth-order valence-electron chi connectivity index (χ4n) is 1.87. The normalized spacial score (nSPS) is 12.2. The lowest BCUT2D eigenvalue weighted by Crippen LogP contribution is -2.31. The summed E-state index contributed by atoms with van der Waals surface area (Å²) in [6, 6.07) is 6.26. The number of nitrogens with zero attached hydrogens (tertiary/aromatic N) is 1. The summed E-state index contributed by atoms with van der Waals surface area (Å²) in [5.74, 6) is -0.0382. The molecule has 0 spiro atoms. The molecule has 0 bridgehead atoms. The van der Waals surface area contributed by atoms with Gasteiger partial charge in [0.2, 0.25) is 5.91 Å². The van der Waals surface area contributed by atoms with Crippen LogP contribution in [0.2, 0.25) is 0 Å². The third-order valence-corrected chi connectivity index (χ3v) is 2.85. The molecular formula is C14H20FNO. The first-order valence-electron chi connectivity index (χ1n) is 6.04. The summed E-state index contributed by atoms with van der Waals surface area (Å²) in [6.45, 7) is 4.56. The molecule has 0 heterocycles. The number of carbonyl (C=O) groups is 1. The van der Waals surface area contributed by atoms with Crippen molar-refractivity contribution in [2.45, 2.75) is 33.2 Å². The second-order valence-corrected chi connectivity index (χ2v) is 4.51. The molecule has 0 aliphatic carbocycles.